The van der Waals surface area contributed by atoms with E-state index in [-0.39, 0.29) is 5.97 Å². The van der Waals surface area contributed by atoms with Gasteiger partial charge in [0.05, 0.1) is 0 Å². The lowest BCUT2D eigenvalue weighted by Crippen LogP contribution is -2.17. The van der Waals surface area contributed by atoms with Crippen LogP contribution in [-0.2, 0) is 9.22 Å². The first-order valence-corrected chi connectivity index (χ1v) is 8.08. The highest BCUT2D eigenvalue weighted by molar-refractivity contribution is 6.33. The molecular formula is C14H28O2Si. The molecular weight excluding hydrogens is 228 g/mol. The quantitative estimate of drug-likeness (QED) is 0.537. The molecule has 0 aromatic carbocycles. The van der Waals surface area contributed by atoms with Gasteiger partial charge in [0.1, 0.15) is 0 Å². The highest BCUT2D eigenvalue weighted by Gasteiger charge is 2.18. The zero-order chi connectivity index (χ0) is 13.6. The lowest BCUT2D eigenvalue weighted by atomic mass is 9.88. The second-order valence-corrected chi connectivity index (χ2v) is 7.52. The molecule has 100 valence electrons. The van der Waals surface area contributed by atoms with Gasteiger partial charge in [0.15, 0.2) is 0 Å². The van der Waals surface area contributed by atoms with Crippen LogP contribution >= 0.6 is 0 Å². The zero-order valence-electron chi connectivity index (χ0n) is 12.5. The van der Waals surface area contributed by atoms with Crippen LogP contribution in [0.25, 0.3) is 0 Å². The maximum Gasteiger partial charge on any atom is 0.319 e. The van der Waals surface area contributed by atoms with Crippen LogP contribution in [0.2, 0.25) is 5.54 Å². The Morgan fingerprint density at radius 1 is 1.12 bits per heavy atom. The summed E-state index contributed by atoms with van der Waals surface area (Å²) in [6.45, 7) is 14.8. The minimum absolute atomic E-state index is 0.0885. The largest absolute Gasteiger partial charge is 0.521 e. The number of carbonyl (C=O) groups is 1. The van der Waals surface area contributed by atoms with Crippen LogP contribution in [-0.4, -0.2) is 15.7 Å². The number of allylic oxidation sites excluding steroid dienone is 1. The van der Waals surface area contributed by atoms with Gasteiger partial charge in [-0.05, 0) is 24.3 Å². The molecule has 0 aliphatic carbocycles. The molecule has 0 fully saturated rings. The van der Waals surface area contributed by atoms with Crippen LogP contribution in [0.3, 0.4) is 0 Å². The van der Waals surface area contributed by atoms with Gasteiger partial charge in [0.25, 0.3) is 0 Å². The second-order valence-electron chi connectivity index (χ2n) is 5.50. The van der Waals surface area contributed by atoms with Crippen molar-refractivity contribution >= 4 is 15.7 Å². The molecule has 0 saturated heterocycles. The fourth-order valence-electron chi connectivity index (χ4n) is 2.09. The third-order valence-corrected chi connectivity index (χ3v) is 4.75. The van der Waals surface area contributed by atoms with E-state index in [4.69, 9.17) is 4.43 Å². The summed E-state index contributed by atoms with van der Waals surface area (Å²) < 4.78 is 5.48. The summed E-state index contributed by atoms with van der Waals surface area (Å²) in [7, 11) is -0.719. The molecule has 0 heterocycles. The van der Waals surface area contributed by atoms with Crippen LogP contribution in [0.15, 0.2) is 11.1 Å². The van der Waals surface area contributed by atoms with Crippen LogP contribution in [0, 0.1) is 11.8 Å². The average Bonchev–Trinajstić information content (AvgIpc) is 2.23. The number of carbonyl (C=O) groups excluding carboxylic acids is 1. The van der Waals surface area contributed by atoms with E-state index in [0.717, 1.165) is 12.0 Å². The van der Waals surface area contributed by atoms with Crippen LogP contribution in [0.5, 0.6) is 0 Å². The van der Waals surface area contributed by atoms with Crippen molar-refractivity contribution in [3.8, 4) is 0 Å². The molecule has 3 heteroatoms. The van der Waals surface area contributed by atoms with E-state index in [1.807, 2.05) is 6.92 Å². The minimum Gasteiger partial charge on any atom is -0.521 e. The Morgan fingerprint density at radius 2 is 1.59 bits per heavy atom. The minimum atomic E-state index is -0.719. The van der Waals surface area contributed by atoms with Crippen molar-refractivity contribution in [1.82, 2.24) is 0 Å². The Balaban J connectivity index is 4.69. The SMILES string of the molecule is CCC(C)[SiH2]OC(=O)C(C)=C(C(C)C)C(C)C. The zero-order valence-corrected chi connectivity index (χ0v) is 13.9. The van der Waals surface area contributed by atoms with Crippen molar-refractivity contribution in [3.63, 3.8) is 0 Å². The van der Waals surface area contributed by atoms with Gasteiger partial charge in [-0.15, -0.1) is 0 Å². The fourth-order valence-corrected chi connectivity index (χ4v) is 2.98. The summed E-state index contributed by atoms with van der Waals surface area (Å²) in [4.78, 5) is 12.0. The van der Waals surface area contributed by atoms with Gasteiger partial charge in [-0.3, -0.25) is 0 Å². The first-order chi connectivity index (χ1) is 7.81. The Kier molecular flexibility index (Phi) is 7.44. The molecule has 1 atom stereocenters. The first-order valence-electron chi connectivity index (χ1n) is 6.68. The predicted molar refractivity (Wildman–Crippen MR) is 76.7 cm³/mol. The Bertz CT molecular complexity index is 270. The molecule has 0 radical (unpaired) electrons. The van der Waals surface area contributed by atoms with Crippen LogP contribution in [0.1, 0.15) is 54.9 Å². The molecule has 0 amide bonds. The van der Waals surface area contributed by atoms with E-state index in [9.17, 15) is 4.79 Å². The van der Waals surface area contributed by atoms with Crippen molar-refractivity contribution in [1.29, 1.82) is 0 Å². The van der Waals surface area contributed by atoms with Gasteiger partial charge in [-0.2, -0.15) is 0 Å². The van der Waals surface area contributed by atoms with Crippen LogP contribution < -0.4 is 0 Å². The van der Waals surface area contributed by atoms with Crippen molar-refractivity contribution in [3.05, 3.63) is 11.1 Å². The molecule has 0 aliphatic heterocycles. The molecule has 0 rings (SSSR count). The van der Waals surface area contributed by atoms with E-state index in [1.165, 1.54) is 5.57 Å². The smallest absolute Gasteiger partial charge is 0.319 e. The average molecular weight is 256 g/mol. The monoisotopic (exact) mass is 256 g/mol. The van der Waals surface area contributed by atoms with Gasteiger partial charge in [-0.25, -0.2) is 4.79 Å². The van der Waals surface area contributed by atoms with Gasteiger partial charge in [0.2, 0.25) is 9.76 Å². The lowest BCUT2D eigenvalue weighted by Gasteiger charge is -2.19. The molecule has 0 bridgehead atoms. The number of hydrogen-bond acceptors (Lipinski definition) is 2. The fraction of sp³-hybridized carbons (Fsp3) is 0.786. The van der Waals surface area contributed by atoms with Gasteiger partial charge < -0.3 is 4.43 Å². The van der Waals surface area contributed by atoms with E-state index in [2.05, 4.69) is 41.5 Å². The maximum atomic E-state index is 12.0. The summed E-state index contributed by atoms with van der Waals surface area (Å²) in [5.41, 5.74) is 2.63. The molecule has 2 nitrogen and oxygen atoms in total. The van der Waals surface area contributed by atoms with Crippen molar-refractivity contribution in [2.45, 2.75) is 60.4 Å². The standard InChI is InChI=1S/C14H28O2Si/c1-8-11(6)17-16-14(15)12(7)13(9(2)3)10(4)5/h9-11H,8,17H2,1-7H3. The third kappa shape index (κ3) is 5.53. The second kappa shape index (κ2) is 7.70. The highest BCUT2D eigenvalue weighted by atomic mass is 28.2. The normalized spacial score (nSPS) is 13.5. The summed E-state index contributed by atoms with van der Waals surface area (Å²) in [6, 6.07) is 0. The topological polar surface area (TPSA) is 26.3 Å². The molecule has 1 unspecified atom stereocenters. The number of rotatable bonds is 6. The van der Waals surface area contributed by atoms with E-state index < -0.39 is 9.76 Å². The maximum absolute atomic E-state index is 12.0. The van der Waals surface area contributed by atoms with E-state index >= 15 is 0 Å². The van der Waals surface area contributed by atoms with Crippen molar-refractivity contribution < 1.29 is 9.22 Å². The Morgan fingerprint density at radius 3 is 1.94 bits per heavy atom. The van der Waals surface area contributed by atoms with Crippen molar-refractivity contribution in [2.75, 3.05) is 0 Å². The summed E-state index contributed by atoms with van der Waals surface area (Å²) >= 11 is 0. The molecule has 0 aromatic rings. The van der Waals surface area contributed by atoms with E-state index in [1.54, 1.807) is 0 Å². The van der Waals surface area contributed by atoms with E-state index in [0.29, 0.717) is 17.4 Å². The summed E-state index contributed by atoms with van der Waals surface area (Å²) in [6.07, 6.45) is 1.10. The molecule has 0 spiro atoms. The van der Waals surface area contributed by atoms with Gasteiger partial charge in [0, 0.05) is 5.57 Å². The third-order valence-electron chi connectivity index (χ3n) is 3.18. The lowest BCUT2D eigenvalue weighted by molar-refractivity contribution is -0.130. The Hall–Kier alpha value is -0.573. The molecule has 0 aromatic heterocycles. The Labute approximate surface area is 109 Å². The molecule has 0 aliphatic rings. The summed E-state index contributed by atoms with van der Waals surface area (Å²) in [5, 5.41) is 0. The number of hydrogen-bond donors (Lipinski definition) is 0. The van der Waals surface area contributed by atoms with Gasteiger partial charge >= 0.3 is 5.97 Å². The molecule has 17 heavy (non-hydrogen) atoms. The highest BCUT2D eigenvalue weighted by Crippen LogP contribution is 2.24. The van der Waals surface area contributed by atoms with Gasteiger partial charge in [-0.1, -0.05) is 53.5 Å². The van der Waals surface area contributed by atoms with Crippen molar-refractivity contribution in [2.24, 2.45) is 11.8 Å². The molecule has 0 N–H and O–H groups in total. The molecule has 0 saturated carbocycles. The predicted octanol–water partition coefficient (Wildman–Crippen LogP) is 3.46. The van der Waals surface area contributed by atoms with Crippen LogP contribution in [0.4, 0.5) is 0 Å². The first kappa shape index (κ1) is 16.4. The summed E-state index contributed by atoms with van der Waals surface area (Å²) in [5.74, 6) is 0.731.